The van der Waals surface area contributed by atoms with Crippen molar-refractivity contribution < 1.29 is 21.9 Å². The summed E-state index contributed by atoms with van der Waals surface area (Å²) in [5, 5.41) is -0.165. The molecule has 0 aliphatic carbocycles. The van der Waals surface area contributed by atoms with E-state index in [2.05, 4.69) is 4.74 Å². The van der Waals surface area contributed by atoms with Crippen LogP contribution in [0.3, 0.4) is 0 Å². The zero-order valence-corrected chi connectivity index (χ0v) is 14.0. The molecule has 1 aromatic rings. The highest BCUT2D eigenvalue weighted by Gasteiger charge is 2.30. The van der Waals surface area contributed by atoms with E-state index in [-0.39, 0.29) is 21.6 Å². The maximum atomic E-state index is 12.7. The van der Waals surface area contributed by atoms with E-state index >= 15 is 0 Å². The number of halogens is 3. The molecule has 9 heteroatoms. The average Bonchev–Trinajstić information content (AvgIpc) is 2.49. The maximum absolute atomic E-state index is 12.7. The van der Waals surface area contributed by atoms with Gasteiger partial charge in [-0.15, -0.1) is 0 Å². The van der Waals surface area contributed by atoms with Gasteiger partial charge in [0, 0.05) is 13.1 Å². The van der Waals surface area contributed by atoms with Gasteiger partial charge in [0.1, 0.15) is 5.75 Å². The Morgan fingerprint density at radius 2 is 2.17 bits per heavy atom. The fourth-order valence-electron chi connectivity index (χ4n) is 2.70. The molecule has 0 bridgehead atoms. The SMILES string of the molecule is NCCC1CCCN(S(=O)(=O)c2ccc(OC(F)F)c(Cl)c2)C1. The topological polar surface area (TPSA) is 72.6 Å². The van der Waals surface area contributed by atoms with Crippen LogP contribution in [0.25, 0.3) is 0 Å². The molecule has 1 aliphatic rings. The Morgan fingerprint density at radius 1 is 1.43 bits per heavy atom. The van der Waals surface area contributed by atoms with Crippen molar-refractivity contribution in [2.45, 2.75) is 30.8 Å². The zero-order valence-electron chi connectivity index (χ0n) is 12.4. The lowest BCUT2D eigenvalue weighted by atomic mass is 9.96. The molecular formula is C14H19ClF2N2O3S. The van der Waals surface area contributed by atoms with Crippen LogP contribution in [-0.2, 0) is 10.0 Å². The van der Waals surface area contributed by atoms with Gasteiger partial charge >= 0.3 is 6.61 Å². The average molecular weight is 369 g/mol. The molecule has 0 amide bonds. The molecule has 23 heavy (non-hydrogen) atoms. The third-order valence-corrected chi connectivity index (χ3v) is 5.97. The summed E-state index contributed by atoms with van der Waals surface area (Å²) in [4.78, 5) is -0.0301. The summed E-state index contributed by atoms with van der Waals surface area (Å²) in [5.41, 5.74) is 5.54. The molecule has 1 aromatic carbocycles. The molecule has 130 valence electrons. The van der Waals surface area contributed by atoms with E-state index in [0.29, 0.717) is 19.6 Å². The first kappa shape index (κ1) is 18.4. The standard InChI is InChI=1S/C14H19ClF2N2O3S/c15-12-8-11(3-4-13(12)22-14(16)17)23(20,21)19-7-1-2-10(9-19)5-6-18/h3-4,8,10,14H,1-2,5-7,9,18H2. The third kappa shape index (κ3) is 4.53. The summed E-state index contributed by atoms with van der Waals surface area (Å²) in [6.07, 6.45) is 2.49. The Bertz CT molecular complexity index is 641. The fraction of sp³-hybridized carbons (Fsp3) is 0.571. The van der Waals surface area contributed by atoms with Gasteiger partial charge in [-0.25, -0.2) is 8.42 Å². The molecule has 1 aliphatic heterocycles. The first-order valence-electron chi connectivity index (χ1n) is 7.29. The van der Waals surface area contributed by atoms with Gasteiger partial charge in [0.05, 0.1) is 9.92 Å². The molecular weight excluding hydrogens is 350 g/mol. The number of alkyl halides is 2. The molecule has 0 aromatic heterocycles. The number of nitrogens with zero attached hydrogens (tertiary/aromatic N) is 1. The van der Waals surface area contributed by atoms with Crippen LogP contribution in [-0.4, -0.2) is 39.0 Å². The highest BCUT2D eigenvalue weighted by Crippen LogP contribution is 2.31. The van der Waals surface area contributed by atoms with E-state index < -0.39 is 16.6 Å². The lowest BCUT2D eigenvalue weighted by Gasteiger charge is -2.31. The van der Waals surface area contributed by atoms with Crippen LogP contribution in [0.15, 0.2) is 23.1 Å². The van der Waals surface area contributed by atoms with E-state index in [0.717, 1.165) is 31.4 Å². The second-order valence-corrected chi connectivity index (χ2v) is 7.76. The van der Waals surface area contributed by atoms with Gasteiger partial charge in [0.2, 0.25) is 10.0 Å². The van der Waals surface area contributed by atoms with E-state index in [1.54, 1.807) is 0 Å². The lowest BCUT2D eigenvalue weighted by molar-refractivity contribution is -0.0498. The molecule has 2 rings (SSSR count). The van der Waals surface area contributed by atoms with Gasteiger partial charge in [0.15, 0.2) is 0 Å². The predicted octanol–water partition coefficient (Wildman–Crippen LogP) is 2.69. The first-order chi connectivity index (χ1) is 10.8. The predicted molar refractivity (Wildman–Crippen MR) is 83.2 cm³/mol. The minimum Gasteiger partial charge on any atom is -0.433 e. The minimum atomic E-state index is -3.72. The number of piperidine rings is 1. The van der Waals surface area contributed by atoms with Crippen LogP contribution in [0.5, 0.6) is 5.75 Å². The normalized spacial score (nSPS) is 20.0. The summed E-state index contributed by atoms with van der Waals surface area (Å²) < 4.78 is 55.4. The molecule has 0 radical (unpaired) electrons. The monoisotopic (exact) mass is 368 g/mol. The van der Waals surface area contributed by atoms with Crippen molar-refractivity contribution >= 4 is 21.6 Å². The molecule has 0 saturated carbocycles. The Kier molecular flexibility index (Phi) is 6.19. The maximum Gasteiger partial charge on any atom is 0.387 e. The Labute approximate surface area is 139 Å². The molecule has 5 nitrogen and oxygen atoms in total. The number of nitrogens with two attached hydrogens (primary N) is 1. The van der Waals surface area contributed by atoms with E-state index in [9.17, 15) is 17.2 Å². The van der Waals surface area contributed by atoms with Gasteiger partial charge < -0.3 is 10.5 Å². The summed E-state index contributed by atoms with van der Waals surface area (Å²) in [6, 6.07) is 3.51. The van der Waals surface area contributed by atoms with Crippen molar-refractivity contribution in [1.82, 2.24) is 4.31 Å². The third-order valence-electron chi connectivity index (χ3n) is 3.81. The Morgan fingerprint density at radius 3 is 2.78 bits per heavy atom. The second kappa shape index (κ2) is 7.74. The summed E-state index contributed by atoms with van der Waals surface area (Å²) in [5.74, 6) is -0.0132. The van der Waals surface area contributed by atoms with Gasteiger partial charge in [-0.3, -0.25) is 0 Å². The van der Waals surface area contributed by atoms with Crippen LogP contribution >= 0.6 is 11.6 Å². The molecule has 1 heterocycles. The Balaban J connectivity index is 2.20. The molecule has 1 saturated heterocycles. The Hall–Kier alpha value is -0.960. The van der Waals surface area contributed by atoms with Crippen LogP contribution < -0.4 is 10.5 Å². The lowest BCUT2D eigenvalue weighted by Crippen LogP contribution is -2.40. The summed E-state index contributed by atoms with van der Waals surface area (Å²) in [7, 11) is -3.72. The molecule has 1 fully saturated rings. The highest BCUT2D eigenvalue weighted by atomic mass is 35.5. The number of ether oxygens (including phenoxy) is 1. The van der Waals surface area contributed by atoms with Crippen molar-refractivity contribution in [2.75, 3.05) is 19.6 Å². The largest absolute Gasteiger partial charge is 0.433 e. The number of benzene rings is 1. The van der Waals surface area contributed by atoms with Gasteiger partial charge in [-0.1, -0.05) is 11.6 Å². The van der Waals surface area contributed by atoms with Crippen molar-refractivity contribution in [2.24, 2.45) is 11.7 Å². The molecule has 2 N–H and O–H groups in total. The van der Waals surface area contributed by atoms with Crippen molar-refractivity contribution in [3.05, 3.63) is 23.2 Å². The van der Waals surface area contributed by atoms with Gasteiger partial charge in [-0.2, -0.15) is 13.1 Å². The fourth-order valence-corrected chi connectivity index (χ4v) is 4.57. The van der Waals surface area contributed by atoms with Gasteiger partial charge in [-0.05, 0) is 49.9 Å². The molecule has 1 unspecified atom stereocenters. The minimum absolute atomic E-state index is 0.0301. The van der Waals surface area contributed by atoms with Crippen LogP contribution in [0, 0.1) is 5.92 Å². The van der Waals surface area contributed by atoms with Crippen molar-refractivity contribution in [3.8, 4) is 5.75 Å². The zero-order chi connectivity index (χ0) is 17.0. The van der Waals surface area contributed by atoms with Gasteiger partial charge in [0.25, 0.3) is 0 Å². The quantitative estimate of drug-likeness (QED) is 0.837. The van der Waals surface area contributed by atoms with Crippen molar-refractivity contribution in [3.63, 3.8) is 0 Å². The number of rotatable bonds is 6. The van der Waals surface area contributed by atoms with Crippen LogP contribution in [0.1, 0.15) is 19.3 Å². The van der Waals surface area contributed by atoms with E-state index in [1.165, 1.54) is 10.4 Å². The van der Waals surface area contributed by atoms with Crippen LogP contribution in [0.2, 0.25) is 5.02 Å². The van der Waals surface area contributed by atoms with Crippen molar-refractivity contribution in [1.29, 1.82) is 0 Å². The molecule has 0 spiro atoms. The first-order valence-corrected chi connectivity index (χ1v) is 9.11. The van der Waals surface area contributed by atoms with E-state index in [4.69, 9.17) is 17.3 Å². The smallest absolute Gasteiger partial charge is 0.387 e. The second-order valence-electron chi connectivity index (χ2n) is 5.42. The molecule has 1 atom stereocenters. The number of sulfonamides is 1. The van der Waals surface area contributed by atoms with Crippen LogP contribution in [0.4, 0.5) is 8.78 Å². The van der Waals surface area contributed by atoms with E-state index in [1.807, 2.05) is 0 Å². The number of hydrogen-bond donors (Lipinski definition) is 1. The summed E-state index contributed by atoms with van der Waals surface area (Å²) >= 11 is 5.84. The number of hydrogen-bond acceptors (Lipinski definition) is 4. The highest BCUT2D eigenvalue weighted by molar-refractivity contribution is 7.89. The summed E-state index contributed by atoms with van der Waals surface area (Å²) in [6.45, 7) is -1.67.